The topological polar surface area (TPSA) is 43.4 Å². The van der Waals surface area contributed by atoms with E-state index in [1.807, 2.05) is 18.2 Å². The van der Waals surface area contributed by atoms with Gasteiger partial charge in [0, 0.05) is 35.6 Å². The molecule has 0 bridgehead atoms. The minimum Gasteiger partial charge on any atom is -0.493 e. The first kappa shape index (κ1) is 14.4. The van der Waals surface area contributed by atoms with E-state index in [4.69, 9.17) is 9.47 Å². The van der Waals surface area contributed by atoms with Crippen molar-refractivity contribution >= 4 is 15.9 Å². The molecule has 0 atom stereocenters. The molecule has 2 heterocycles. The van der Waals surface area contributed by atoms with Gasteiger partial charge in [-0.05, 0) is 23.8 Å². The molecule has 1 aromatic heterocycles. The molecule has 0 amide bonds. The normalized spacial score (nSPS) is 12.9. The maximum atomic E-state index is 5.73. The number of benzene rings is 1. The van der Waals surface area contributed by atoms with Crippen LogP contribution in [0.5, 0.6) is 11.6 Å². The quantitative estimate of drug-likeness (QED) is 0.901. The Bertz CT molecular complexity index is 646. The molecule has 1 aliphatic heterocycles. The van der Waals surface area contributed by atoms with Gasteiger partial charge < -0.3 is 14.8 Å². The van der Waals surface area contributed by atoms with Crippen molar-refractivity contribution in [1.29, 1.82) is 0 Å². The summed E-state index contributed by atoms with van der Waals surface area (Å²) in [6.45, 7) is 2.22. The highest BCUT2D eigenvalue weighted by atomic mass is 79.9. The van der Waals surface area contributed by atoms with Crippen molar-refractivity contribution in [2.45, 2.75) is 19.5 Å². The lowest BCUT2D eigenvalue weighted by Gasteiger charge is -2.10. The fourth-order valence-corrected chi connectivity index (χ4v) is 3.02. The third-order valence-corrected chi connectivity index (χ3v) is 3.90. The molecule has 1 N–H and O–H groups in total. The Kier molecular flexibility index (Phi) is 4.41. The molecule has 0 spiro atoms. The molecule has 1 aliphatic rings. The van der Waals surface area contributed by atoms with Gasteiger partial charge in [0.25, 0.3) is 0 Å². The van der Waals surface area contributed by atoms with Crippen molar-refractivity contribution < 1.29 is 9.47 Å². The van der Waals surface area contributed by atoms with E-state index < -0.39 is 0 Å². The predicted molar refractivity (Wildman–Crippen MR) is 84.7 cm³/mol. The maximum Gasteiger partial charge on any atom is 0.213 e. The van der Waals surface area contributed by atoms with Gasteiger partial charge in [0.1, 0.15) is 5.75 Å². The van der Waals surface area contributed by atoms with Crippen molar-refractivity contribution in [1.82, 2.24) is 10.3 Å². The third kappa shape index (κ3) is 3.36. The second-order valence-corrected chi connectivity index (χ2v) is 5.84. The molecule has 0 unspecified atom stereocenters. The van der Waals surface area contributed by atoms with Gasteiger partial charge in [-0.1, -0.05) is 22.0 Å². The average Bonchev–Trinajstić information content (AvgIpc) is 2.95. The number of aromatic nitrogens is 1. The highest BCUT2D eigenvalue weighted by Crippen LogP contribution is 2.32. The Labute approximate surface area is 132 Å². The third-order valence-electron chi connectivity index (χ3n) is 3.44. The summed E-state index contributed by atoms with van der Waals surface area (Å²) in [5.41, 5.74) is 3.42. The molecule has 3 rings (SSSR count). The monoisotopic (exact) mass is 348 g/mol. The Balaban J connectivity index is 1.65. The second kappa shape index (κ2) is 6.45. The summed E-state index contributed by atoms with van der Waals surface area (Å²) in [6.07, 6.45) is 0.985. The number of hydrogen-bond donors (Lipinski definition) is 1. The molecule has 0 aliphatic carbocycles. The Morgan fingerprint density at radius 3 is 3.10 bits per heavy atom. The number of ether oxygens (including phenoxy) is 2. The summed E-state index contributed by atoms with van der Waals surface area (Å²) in [4.78, 5) is 4.39. The van der Waals surface area contributed by atoms with Crippen molar-refractivity contribution in [2.24, 2.45) is 0 Å². The number of nitrogens with one attached hydrogen (secondary N) is 1. The smallest absolute Gasteiger partial charge is 0.213 e. The van der Waals surface area contributed by atoms with Crippen LogP contribution in [0.25, 0.3) is 0 Å². The summed E-state index contributed by atoms with van der Waals surface area (Å²) < 4.78 is 12.0. The molecule has 4 nitrogen and oxygen atoms in total. The summed E-state index contributed by atoms with van der Waals surface area (Å²) in [7, 11) is 1.63. The van der Waals surface area contributed by atoms with E-state index in [2.05, 4.69) is 38.4 Å². The van der Waals surface area contributed by atoms with Gasteiger partial charge in [-0.25, -0.2) is 4.98 Å². The summed E-state index contributed by atoms with van der Waals surface area (Å²) >= 11 is 3.56. The lowest BCUT2D eigenvalue weighted by atomic mass is 10.1. The van der Waals surface area contributed by atoms with Crippen molar-refractivity contribution in [3.8, 4) is 11.6 Å². The molecule has 0 saturated carbocycles. The zero-order valence-electron chi connectivity index (χ0n) is 11.9. The standard InChI is InChI=1S/C16H17BrN2O2/c1-20-15-4-2-3-14(19-15)10-18-9-12-8-13(17)7-11-5-6-21-16(11)12/h2-4,7-8,18H,5-6,9-10H2,1H3. The number of fused-ring (bicyclic) bond motifs is 1. The van der Waals surface area contributed by atoms with Crippen LogP contribution in [0, 0.1) is 0 Å². The van der Waals surface area contributed by atoms with E-state index in [0.717, 1.165) is 35.5 Å². The predicted octanol–water partition coefficient (Wildman–Crippen LogP) is 3.08. The first-order valence-corrected chi connectivity index (χ1v) is 7.70. The number of rotatable bonds is 5. The van der Waals surface area contributed by atoms with E-state index in [-0.39, 0.29) is 0 Å². The largest absolute Gasteiger partial charge is 0.493 e. The number of pyridine rings is 1. The minimum absolute atomic E-state index is 0.640. The SMILES string of the molecule is COc1cccc(CNCc2cc(Br)cc3c2OCC3)n1. The second-order valence-electron chi connectivity index (χ2n) is 4.93. The zero-order chi connectivity index (χ0) is 14.7. The highest BCUT2D eigenvalue weighted by molar-refractivity contribution is 9.10. The molecule has 2 aromatic rings. The van der Waals surface area contributed by atoms with Crippen LogP contribution in [0.15, 0.2) is 34.8 Å². The molecule has 1 aromatic carbocycles. The van der Waals surface area contributed by atoms with E-state index in [1.54, 1.807) is 7.11 Å². The van der Waals surface area contributed by atoms with Gasteiger partial charge in [0.2, 0.25) is 5.88 Å². The van der Waals surface area contributed by atoms with E-state index in [0.29, 0.717) is 12.4 Å². The van der Waals surface area contributed by atoms with Crippen LogP contribution >= 0.6 is 15.9 Å². The van der Waals surface area contributed by atoms with Gasteiger partial charge in [0.05, 0.1) is 19.4 Å². The van der Waals surface area contributed by atoms with Crippen molar-refractivity contribution in [2.75, 3.05) is 13.7 Å². The summed E-state index contributed by atoms with van der Waals surface area (Å²) in [6, 6.07) is 10.0. The van der Waals surface area contributed by atoms with Crippen LogP contribution in [0.1, 0.15) is 16.8 Å². The first-order valence-electron chi connectivity index (χ1n) is 6.91. The van der Waals surface area contributed by atoms with Crippen molar-refractivity contribution in [3.05, 3.63) is 51.6 Å². The maximum absolute atomic E-state index is 5.73. The fraction of sp³-hybridized carbons (Fsp3) is 0.312. The van der Waals surface area contributed by atoms with E-state index in [9.17, 15) is 0 Å². The lowest BCUT2D eigenvalue weighted by Crippen LogP contribution is -2.14. The fourth-order valence-electron chi connectivity index (χ4n) is 2.47. The zero-order valence-corrected chi connectivity index (χ0v) is 13.4. The lowest BCUT2D eigenvalue weighted by molar-refractivity contribution is 0.352. The highest BCUT2D eigenvalue weighted by Gasteiger charge is 2.17. The number of hydrogen-bond acceptors (Lipinski definition) is 4. The van der Waals surface area contributed by atoms with Gasteiger partial charge >= 0.3 is 0 Å². The molecule has 0 fully saturated rings. The van der Waals surface area contributed by atoms with Gasteiger partial charge in [-0.3, -0.25) is 0 Å². The Morgan fingerprint density at radius 2 is 2.24 bits per heavy atom. The van der Waals surface area contributed by atoms with Gasteiger partial charge in [0.15, 0.2) is 0 Å². The molecule has 0 saturated heterocycles. The van der Waals surface area contributed by atoms with E-state index >= 15 is 0 Å². The van der Waals surface area contributed by atoms with Crippen LogP contribution in [0.4, 0.5) is 0 Å². The van der Waals surface area contributed by atoms with Crippen LogP contribution in [0.3, 0.4) is 0 Å². The van der Waals surface area contributed by atoms with Crippen molar-refractivity contribution in [3.63, 3.8) is 0 Å². The summed E-state index contributed by atoms with van der Waals surface area (Å²) in [5, 5.41) is 3.41. The average molecular weight is 349 g/mol. The Hall–Kier alpha value is -1.59. The number of halogens is 1. The van der Waals surface area contributed by atoms with Crippen LogP contribution in [-0.2, 0) is 19.5 Å². The number of nitrogens with zero attached hydrogens (tertiary/aromatic N) is 1. The minimum atomic E-state index is 0.640. The molecule has 110 valence electrons. The number of methoxy groups -OCH3 is 1. The van der Waals surface area contributed by atoms with Crippen LogP contribution in [-0.4, -0.2) is 18.7 Å². The molecular weight excluding hydrogens is 332 g/mol. The molecule has 0 radical (unpaired) electrons. The first-order chi connectivity index (χ1) is 10.3. The Morgan fingerprint density at radius 1 is 1.33 bits per heavy atom. The van der Waals surface area contributed by atoms with E-state index in [1.165, 1.54) is 11.1 Å². The summed E-state index contributed by atoms with van der Waals surface area (Å²) in [5.74, 6) is 1.67. The van der Waals surface area contributed by atoms with Gasteiger partial charge in [-0.2, -0.15) is 0 Å². The molecule has 5 heteroatoms. The van der Waals surface area contributed by atoms with Crippen LogP contribution < -0.4 is 14.8 Å². The molecular formula is C16H17BrN2O2. The van der Waals surface area contributed by atoms with Crippen LogP contribution in [0.2, 0.25) is 0 Å². The molecule has 21 heavy (non-hydrogen) atoms. The van der Waals surface area contributed by atoms with Gasteiger partial charge in [-0.15, -0.1) is 0 Å².